The molecule has 4 rings (SSSR count). The summed E-state index contributed by atoms with van der Waals surface area (Å²) < 4.78 is 7.26. The van der Waals surface area contributed by atoms with E-state index < -0.39 is 0 Å². The van der Waals surface area contributed by atoms with Crippen molar-refractivity contribution in [3.05, 3.63) is 65.4 Å². The van der Waals surface area contributed by atoms with Crippen LogP contribution in [0.25, 0.3) is 0 Å². The first-order valence-corrected chi connectivity index (χ1v) is 8.94. The Morgan fingerprint density at radius 1 is 1.29 bits per heavy atom. The molecule has 2 aromatic carbocycles. The van der Waals surface area contributed by atoms with Crippen LogP contribution in [-0.4, -0.2) is 33.2 Å². The van der Waals surface area contributed by atoms with E-state index in [9.17, 15) is 9.59 Å². The molecular weight excluding hydrogens is 382 g/mol. The summed E-state index contributed by atoms with van der Waals surface area (Å²) in [6.07, 6.45) is 1.64. The zero-order valence-electron chi connectivity index (χ0n) is 14.6. The van der Waals surface area contributed by atoms with Gasteiger partial charge in [-0.25, -0.2) is 4.68 Å². The van der Waals surface area contributed by atoms with Gasteiger partial charge in [0.25, 0.3) is 5.91 Å². The molecular formula is C19H16ClN5O3. The number of nitrogens with zero attached hydrogens (tertiary/aromatic N) is 3. The average molecular weight is 398 g/mol. The van der Waals surface area contributed by atoms with Gasteiger partial charge >= 0.3 is 0 Å². The summed E-state index contributed by atoms with van der Waals surface area (Å²) in [5.41, 5.74) is 1.36. The predicted molar refractivity (Wildman–Crippen MR) is 103 cm³/mol. The fourth-order valence-corrected chi connectivity index (χ4v) is 3.16. The Kier molecular flexibility index (Phi) is 4.94. The lowest BCUT2D eigenvalue weighted by atomic mass is 10.0. The lowest BCUT2D eigenvalue weighted by Gasteiger charge is -2.24. The van der Waals surface area contributed by atoms with Crippen molar-refractivity contribution in [2.45, 2.75) is 12.5 Å². The summed E-state index contributed by atoms with van der Waals surface area (Å²) in [6, 6.07) is 13.9. The van der Waals surface area contributed by atoms with E-state index in [1.165, 1.54) is 6.33 Å². The SMILES string of the molecule is O=C(COc1cccc([C@@H]2CC(=O)Nc3ncnn32)c1)Nc1ccccc1Cl. The second kappa shape index (κ2) is 7.69. The van der Waals surface area contributed by atoms with Gasteiger partial charge in [-0.2, -0.15) is 10.1 Å². The summed E-state index contributed by atoms with van der Waals surface area (Å²) in [7, 11) is 0. The first-order valence-electron chi connectivity index (χ1n) is 8.56. The number of rotatable bonds is 5. The van der Waals surface area contributed by atoms with Crippen molar-refractivity contribution in [2.75, 3.05) is 17.2 Å². The van der Waals surface area contributed by atoms with Crippen LogP contribution in [0, 0.1) is 0 Å². The summed E-state index contributed by atoms with van der Waals surface area (Å²) in [5, 5.41) is 10.0. The van der Waals surface area contributed by atoms with Crippen LogP contribution in [0.5, 0.6) is 5.75 Å². The number of amides is 2. The predicted octanol–water partition coefficient (Wildman–Crippen LogP) is 2.88. The van der Waals surface area contributed by atoms with Gasteiger partial charge in [-0.05, 0) is 29.8 Å². The molecule has 2 amide bonds. The molecule has 1 aliphatic heterocycles. The average Bonchev–Trinajstić information content (AvgIpc) is 3.16. The van der Waals surface area contributed by atoms with Crippen molar-refractivity contribution in [1.29, 1.82) is 0 Å². The van der Waals surface area contributed by atoms with E-state index in [0.29, 0.717) is 22.4 Å². The van der Waals surface area contributed by atoms with Crippen molar-refractivity contribution in [2.24, 2.45) is 0 Å². The standard InChI is InChI=1S/C19H16ClN5O3/c20-14-6-1-2-7-15(14)23-18(27)10-28-13-5-3-4-12(8-13)16-9-17(26)24-19-21-11-22-25(16)19/h1-8,11,16H,9-10H2,(H,23,27)(H,21,22,24,26)/t16-/m0/s1. The van der Waals surface area contributed by atoms with E-state index in [0.717, 1.165) is 5.56 Å². The molecule has 2 N–H and O–H groups in total. The second-order valence-electron chi connectivity index (χ2n) is 6.19. The molecule has 8 nitrogen and oxygen atoms in total. The Balaban J connectivity index is 1.44. The van der Waals surface area contributed by atoms with Gasteiger partial charge in [0.15, 0.2) is 6.61 Å². The molecule has 28 heavy (non-hydrogen) atoms. The smallest absolute Gasteiger partial charge is 0.262 e. The summed E-state index contributed by atoms with van der Waals surface area (Å²) >= 11 is 6.03. The van der Waals surface area contributed by atoms with Crippen LogP contribution in [0.1, 0.15) is 18.0 Å². The maximum Gasteiger partial charge on any atom is 0.262 e. The lowest BCUT2D eigenvalue weighted by molar-refractivity contribution is -0.118. The Morgan fingerprint density at radius 2 is 2.14 bits per heavy atom. The highest BCUT2D eigenvalue weighted by Crippen LogP contribution is 2.30. The molecule has 1 aromatic heterocycles. The number of nitrogens with one attached hydrogen (secondary N) is 2. The second-order valence-corrected chi connectivity index (χ2v) is 6.59. The Morgan fingerprint density at radius 3 is 3.00 bits per heavy atom. The number of hydrogen-bond acceptors (Lipinski definition) is 5. The lowest BCUT2D eigenvalue weighted by Crippen LogP contribution is -2.29. The van der Waals surface area contributed by atoms with Gasteiger partial charge in [-0.15, -0.1) is 0 Å². The van der Waals surface area contributed by atoms with Crippen molar-refractivity contribution in [3.8, 4) is 5.75 Å². The number of benzene rings is 2. The highest BCUT2D eigenvalue weighted by molar-refractivity contribution is 6.33. The normalized spacial score (nSPS) is 15.5. The van der Waals surface area contributed by atoms with Gasteiger partial charge in [-0.3, -0.25) is 14.9 Å². The molecule has 0 bridgehead atoms. The number of para-hydroxylation sites is 1. The van der Waals surface area contributed by atoms with Crippen molar-refractivity contribution in [1.82, 2.24) is 14.8 Å². The van der Waals surface area contributed by atoms with Gasteiger partial charge in [0.2, 0.25) is 11.9 Å². The summed E-state index contributed by atoms with van der Waals surface area (Å²) in [4.78, 5) is 28.1. The highest BCUT2D eigenvalue weighted by atomic mass is 35.5. The van der Waals surface area contributed by atoms with Gasteiger partial charge in [-0.1, -0.05) is 35.9 Å². The zero-order chi connectivity index (χ0) is 19.5. The maximum absolute atomic E-state index is 12.1. The number of fused-ring (bicyclic) bond motifs is 1. The number of halogens is 1. The Hall–Kier alpha value is -3.39. The first-order chi connectivity index (χ1) is 13.6. The minimum atomic E-state index is -0.325. The van der Waals surface area contributed by atoms with Crippen molar-refractivity contribution in [3.63, 3.8) is 0 Å². The molecule has 3 aromatic rings. The topological polar surface area (TPSA) is 98.1 Å². The fourth-order valence-electron chi connectivity index (χ4n) is 2.97. The Bertz CT molecular complexity index is 1040. The molecule has 1 aliphatic rings. The van der Waals surface area contributed by atoms with Crippen LogP contribution in [0.15, 0.2) is 54.9 Å². The van der Waals surface area contributed by atoms with Gasteiger partial charge in [0.05, 0.1) is 23.2 Å². The van der Waals surface area contributed by atoms with Crippen LogP contribution in [0.3, 0.4) is 0 Å². The van der Waals surface area contributed by atoms with Gasteiger partial charge in [0.1, 0.15) is 12.1 Å². The van der Waals surface area contributed by atoms with Crippen molar-refractivity contribution < 1.29 is 14.3 Å². The number of carbonyl (C=O) groups is 2. The minimum Gasteiger partial charge on any atom is -0.484 e. The maximum atomic E-state index is 12.1. The van der Waals surface area contributed by atoms with E-state index in [-0.39, 0.29) is 30.9 Å². The van der Waals surface area contributed by atoms with Crippen LogP contribution >= 0.6 is 11.6 Å². The number of hydrogen-bond donors (Lipinski definition) is 2. The van der Waals surface area contributed by atoms with Gasteiger partial charge in [0, 0.05) is 0 Å². The van der Waals surface area contributed by atoms with Gasteiger partial charge < -0.3 is 10.1 Å². The molecule has 1 atom stereocenters. The van der Waals surface area contributed by atoms with E-state index >= 15 is 0 Å². The van der Waals surface area contributed by atoms with E-state index in [4.69, 9.17) is 16.3 Å². The molecule has 0 saturated heterocycles. The first kappa shape index (κ1) is 18.0. The van der Waals surface area contributed by atoms with E-state index in [1.54, 1.807) is 47.1 Å². The summed E-state index contributed by atoms with van der Waals surface area (Å²) in [5.74, 6) is 0.469. The zero-order valence-corrected chi connectivity index (χ0v) is 15.4. The number of anilines is 2. The van der Waals surface area contributed by atoms with E-state index in [1.807, 2.05) is 6.07 Å². The molecule has 142 valence electrons. The van der Waals surface area contributed by atoms with Crippen LogP contribution in [0.4, 0.5) is 11.6 Å². The molecule has 2 heterocycles. The third-order valence-electron chi connectivity index (χ3n) is 4.26. The van der Waals surface area contributed by atoms with Crippen LogP contribution < -0.4 is 15.4 Å². The van der Waals surface area contributed by atoms with Crippen molar-refractivity contribution >= 4 is 35.1 Å². The number of aromatic nitrogens is 3. The monoisotopic (exact) mass is 397 g/mol. The van der Waals surface area contributed by atoms with E-state index in [2.05, 4.69) is 20.7 Å². The largest absolute Gasteiger partial charge is 0.484 e. The number of ether oxygens (including phenoxy) is 1. The molecule has 9 heteroatoms. The fraction of sp³-hybridized carbons (Fsp3) is 0.158. The highest BCUT2D eigenvalue weighted by Gasteiger charge is 2.27. The van der Waals surface area contributed by atoms with Crippen LogP contribution in [-0.2, 0) is 9.59 Å². The molecule has 0 spiro atoms. The molecule has 0 radical (unpaired) electrons. The van der Waals surface area contributed by atoms with Crippen LogP contribution in [0.2, 0.25) is 5.02 Å². The third-order valence-corrected chi connectivity index (χ3v) is 4.59. The summed E-state index contributed by atoms with van der Waals surface area (Å²) in [6.45, 7) is -0.172. The Labute approximate surface area is 165 Å². The molecule has 0 unspecified atom stereocenters. The quantitative estimate of drug-likeness (QED) is 0.689. The minimum absolute atomic E-state index is 0.129. The third kappa shape index (κ3) is 3.81. The number of carbonyl (C=O) groups excluding carboxylic acids is 2. The molecule has 0 aliphatic carbocycles. The molecule has 0 fully saturated rings. The molecule has 0 saturated carbocycles.